The van der Waals surface area contributed by atoms with Crippen molar-refractivity contribution in [3.8, 4) is 11.8 Å². The molecule has 0 radical (unpaired) electrons. The number of nitrogens with zero attached hydrogens (tertiary/aromatic N) is 4. The first-order chi connectivity index (χ1) is 37.5. The number of anilines is 6. The van der Waals surface area contributed by atoms with Gasteiger partial charge in [-0.05, 0) is 116 Å². The van der Waals surface area contributed by atoms with Crippen molar-refractivity contribution in [1.29, 1.82) is 5.26 Å². The Morgan fingerprint density at radius 1 is 0.541 bits per heavy atom. The first-order valence-electron chi connectivity index (χ1n) is 30.0. The predicted molar refractivity (Wildman–Crippen MR) is 262 cm³/mol. The first-order valence-corrected chi connectivity index (χ1v) is 20.8. The molecule has 0 amide bonds. The maximum absolute atomic E-state index is 11.3. The molecule has 6 heteroatoms. The van der Waals surface area contributed by atoms with Gasteiger partial charge in [0, 0.05) is 48.0 Å². The fraction of sp³-hybridized carbons (Fsp3) is 0.218. The molecule has 61 heavy (non-hydrogen) atoms. The van der Waals surface area contributed by atoms with Gasteiger partial charge < -0.3 is 14.4 Å². The average Bonchev–Trinajstić information content (AvgIpc) is 4.10. The number of hydrogen-bond donors (Lipinski definition) is 0. The van der Waals surface area contributed by atoms with Gasteiger partial charge in [-0.15, -0.1) is 11.3 Å². The van der Waals surface area contributed by atoms with Crippen LogP contribution in [0.15, 0.2) is 121 Å². The highest BCUT2D eigenvalue weighted by molar-refractivity contribution is 7.26. The third-order valence-corrected chi connectivity index (χ3v) is 12.9. The van der Waals surface area contributed by atoms with Crippen molar-refractivity contribution in [3.05, 3.63) is 143 Å². The van der Waals surface area contributed by atoms with Crippen molar-refractivity contribution in [2.75, 3.05) is 9.80 Å². The zero-order chi connectivity index (χ0) is 59.5. The first kappa shape index (κ1) is 21.5. The standard InChI is InChI=1S/C55H47BN4S/c1-53(2,3)32-20-22-40-36(26-32)37-27-34(55(7,8)9)29-46-51(37)59(40)43-17-12-15-38-52(43)60(46)45-25-31(30-57)24-44-50(45)56(38)39-28-33(54(4,5)6)21-23-41(39)58(44)42-16-13-19-48-49(42)35-14-10-11-18-47(35)61-48/h10-29H,1-9H3/i10D,11D,12D,13D,14D,15D,16D,17D,18D,19D,20D,21D,22D,23D,24D,25D,26D,27D,28D,29D. The van der Waals surface area contributed by atoms with Gasteiger partial charge in [-0.3, -0.25) is 0 Å². The van der Waals surface area contributed by atoms with Crippen molar-refractivity contribution in [3.63, 3.8) is 0 Å². The summed E-state index contributed by atoms with van der Waals surface area (Å²) in [4.78, 5) is 2.52. The molecule has 0 aliphatic carbocycles. The van der Waals surface area contributed by atoms with Crippen molar-refractivity contribution >= 4 is 111 Å². The van der Waals surface area contributed by atoms with Gasteiger partial charge in [0.1, 0.15) is 0 Å². The molecule has 0 spiro atoms. The summed E-state index contributed by atoms with van der Waals surface area (Å²) in [6, 6.07) is -8.74. The van der Waals surface area contributed by atoms with Gasteiger partial charge in [0.05, 0.1) is 72.8 Å². The number of thiophene rings is 1. The number of rotatable bonds is 1. The average molecular weight is 827 g/mol. The summed E-state index contributed by atoms with van der Waals surface area (Å²) in [5.74, 6) is 0. The van der Waals surface area contributed by atoms with Crippen LogP contribution in [0.1, 0.15) is 112 Å². The number of aromatic nitrogens is 1. The van der Waals surface area contributed by atoms with E-state index in [4.69, 9.17) is 4.11 Å². The van der Waals surface area contributed by atoms with E-state index >= 15 is 0 Å². The van der Waals surface area contributed by atoms with E-state index in [0.29, 0.717) is 0 Å². The summed E-state index contributed by atoms with van der Waals surface area (Å²) < 4.78 is 196. The van der Waals surface area contributed by atoms with E-state index in [1.807, 2.05) is 6.07 Å². The maximum atomic E-state index is 11.3. The van der Waals surface area contributed by atoms with Crippen molar-refractivity contribution < 1.29 is 27.4 Å². The Bertz CT molecular complexity index is 4630. The van der Waals surface area contributed by atoms with Crippen LogP contribution in [0.4, 0.5) is 34.1 Å². The van der Waals surface area contributed by atoms with Crippen molar-refractivity contribution in [2.24, 2.45) is 0 Å². The van der Waals surface area contributed by atoms with Crippen LogP contribution >= 0.6 is 11.3 Å². The normalized spacial score (nSPS) is 18.8. The number of para-hydroxylation sites is 1. The lowest BCUT2D eigenvalue weighted by Crippen LogP contribution is -2.62. The second-order valence-corrected chi connectivity index (χ2v) is 20.0. The van der Waals surface area contributed by atoms with Crippen molar-refractivity contribution in [1.82, 2.24) is 4.57 Å². The minimum Gasteiger partial charge on any atom is -0.311 e. The number of nitriles is 1. The fourth-order valence-electron chi connectivity index (χ4n) is 8.89. The van der Waals surface area contributed by atoms with E-state index in [9.17, 15) is 28.6 Å². The second kappa shape index (κ2) is 12.0. The Hall–Kier alpha value is -6.29. The van der Waals surface area contributed by atoms with E-state index in [1.54, 1.807) is 62.3 Å². The third-order valence-electron chi connectivity index (χ3n) is 11.8. The van der Waals surface area contributed by atoms with Crippen LogP contribution in [0.3, 0.4) is 0 Å². The molecule has 0 fully saturated rings. The van der Waals surface area contributed by atoms with Gasteiger partial charge in [0.25, 0.3) is 6.71 Å². The Labute approximate surface area is 390 Å². The minimum absolute atomic E-state index is 0.0104. The molecule has 9 aromatic rings. The lowest BCUT2D eigenvalue weighted by molar-refractivity contribution is 0.590. The smallest absolute Gasteiger partial charge is 0.252 e. The second-order valence-electron chi connectivity index (χ2n) is 18.9. The Kier molecular flexibility index (Phi) is 4.21. The summed E-state index contributed by atoms with van der Waals surface area (Å²) in [6.07, 6.45) is 0. The molecule has 0 bridgehead atoms. The van der Waals surface area contributed by atoms with E-state index in [0.717, 1.165) is 16.2 Å². The molecule has 0 atom stereocenters. The van der Waals surface area contributed by atoms with Gasteiger partial charge >= 0.3 is 0 Å². The Morgan fingerprint density at radius 3 is 1.95 bits per heavy atom. The van der Waals surface area contributed by atoms with E-state index in [2.05, 4.69) is 0 Å². The van der Waals surface area contributed by atoms with Crippen LogP contribution in [-0.2, 0) is 16.2 Å². The molecule has 7 aromatic carbocycles. The van der Waals surface area contributed by atoms with Crippen LogP contribution in [0.2, 0.25) is 0 Å². The van der Waals surface area contributed by atoms with Gasteiger partial charge in [0.2, 0.25) is 0 Å². The molecule has 12 rings (SSSR count). The van der Waals surface area contributed by atoms with Gasteiger partial charge in [-0.25, -0.2) is 0 Å². The van der Waals surface area contributed by atoms with Gasteiger partial charge in [0.15, 0.2) is 0 Å². The fourth-order valence-corrected chi connectivity index (χ4v) is 9.86. The van der Waals surface area contributed by atoms with Crippen LogP contribution < -0.4 is 26.2 Å². The summed E-state index contributed by atoms with van der Waals surface area (Å²) in [6.45, 7) is 14.2. The molecule has 4 nitrogen and oxygen atoms in total. The Balaban J connectivity index is 1.42. The quantitative estimate of drug-likeness (QED) is 0.155. The number of hydrogen-bond acceptors (Lipinski definition) is 4. The maximum Gasteiger partial charge on any atom is 0.252 e. The monoisotopic (exact) mass is 826 g/mol. The lowest BCUT2D eigenvalue weighted by atomic mass is 9.33. The zero-order valence-electron chi connectivity index (χ0n) is 54.8. The third kappa shape index (κ3) is 4.93. The number of fused-ring (bicyclic) bond motifs is 12. The topological polar surface area (TPSA) is 35.2 Å². The SMILES string of the molecule is [2H]c1c([2H])c2c3c(c1[2H])-n1c4c([2H])c([2H])c(C(C)(C)C)c([2H])c4c4c([2H])c(C(C)(C)C)c([2H])c(c41)N3c1c([2H])c(C#N)c([2H])c3c1B2c1c([2H])c(C(C)(C)C)c([2H])c([2H])c1N3c1c([2H])c([2H])c([2H])c2sc3c([2H])c([2H])c([2H])c([2H])c3c12. The van der Waals surface area contributed by atoms with Gasteiger partial charge in [-0.1, -0.05) is 117 Å². The molecule has 2 aromatic heterocycles. The van der Waals surface area contributed by atoms with Crippen LogP contribution in [0.25, 0.3) is 47.7 Å². The van der Waals surface area contributed by atoms with E-state index in [-0.39, 0.29) is 122 Å². The van der Waals surface area contributed by atoms with Crippen LogP contribution in [-0.4, -0.2) is 11.3 Å². The molecule has 0 unspecified atom stereocenters. The van der Waals surface area contributed by atoms with Crippen LogP contribution in [0, 0.1) is 11.3 Å². The summed E-state index contributed by atoms with van der Waals surface area (Å²) in [5, 5.41) is 11.0. The zero-order valence-corrected chi connectivity index (χ0v) is 35.6. The predicted octanol–water partition coefficient (Wildman–Crippen LogP) is 13.3. The van der Waals surface area contributed by atoms with Crippen LogP contribution in [0.5, 0.6) is 0 Å². The molecule has 296 valence electrons. The molecule has 3 aliphatic heterocycles. The lowest BCUT2D eigenvalue weighted by Gasteiger charge is -2.46. The van der Waals surface area contributed by atoms with Gasteiger partial charge in [-0.2, -0.15) is 5.26 Å². The number of benzene rings is 7. The highest BCUT2D eigenvalue weighted by Gasteiger charge is 2.47. The summed E-state index contributed by atoms with van der Waals surface area (Å²) in [5.41, 5.74) is -6.08. The molecule has 3 aliphatic rings. The molecule has 0 saturated heterocycles. The molecule has 0 saturated carbocycles. The van der Waals surface area contributed by atoms with Crippen molar-refractivity contribution in [2.45, 2.75) is 78.6 Å². The van der Waals surface area contributed by atoms with E-state index < -0.39 is 142 Å². The highest BCUT2D eigenvalue weighted by atomic mass is 32.1. The summed E-state index contributed by atoms with van der Waals surface area (Å²) in [7, 11) is 0. The summed E-state index contributed by atoms with van der Waals surface area (Å²) >= 11 is 0.750. The minimum atomic E-state index is -1.65. The Morgan fingerprint density at radius 2 is 1.20 bits per heavy atom. The largest absolute Gasteiger partial charge is 0.311 e. The molecule has 0 N–H and O–H groups in total. The molecular formula is C55H47BN4S. The van der Waals surface area contributed by atoms with E-state index in [1.165, 1.54) is 9.47 Å². The highest BCUT2D eigenvalue weighted by Crippen LogP contribution is 2.54. The molecule has 5 heterocycles. The molecular weight excluding hydrogens is 760 g/mol.